The summed E-state index contributed by atoms with van der Waals surface area (Å²) >= 11 is 0. The van der Waals surface area contributed by atoms with Gasteiger partial charge in [-0.15, -0.1) is 0 Å². The Bertz CT molecular complexity index is 673. The molecule has 1 N–H and O–H groups in total. The molecule has 0 bridgehead atoms. The Morgan fingerprint density at radius 2 is 2.00 bits per heavy atom. The van der Waals surface area contributed by atoms with Crippen LogP contribution in [0.15, 0.2) is 30.3 Å². The molecular weight excluding hydrogens is 302 g/mol. The Hall–Kier alpha value is -1.40. The highest BCUT2D eigenvalue weighted by molar-refractivity contribution is 7.88. The molecule has 1 aromatic rings. The quantitative estimate of drug-likeness (QED) is 0.922. The number of fused-ring (bicyclic) bond motifs is 1. The molecular formula is C16H21NO4S. The Morgan fingerprint density at radius 3 is 2.59 bits per heavy atom. The molecule has 0 aromatic heterocycles. The number of aliphatic carboxylic acids is 1. The van der Waals surface area contributed by atoms with Gasteiger partial charge in [-0.05, 0) is 36.7 Å². The van der Waals surface area contributed by atoms with E-state index in [4.69, 9.17) is 0 Å². The van der Waals surface area contributed by atoms with Crippen LogP contribution in [0.4, 0.5) is 0 Å². The van der Waals surface area contributed by atoms with E-state index in [1.807, 2.05) is 18.2 Å². The van der Waals surface area contributed by atoms with Crippen LogP contribution in [0.5, 0.6) is 0 Å². The van der Waals surface area contributed by atoms with Crippen molar-refractivity contribution >= 4 is 16.0 Å². The van der Waals surface area contributed by atoms with E-state index in [-0.39, 0.29) is 12.5 Å². The first-order chi connectivity index (χ1) is 10.3. The highest BCUT2D eigenvalue weighted by Crippen LogP contribution is 2.51. The van der Waals surface area contributed by atoms with Crippen LogP contribution in [0.3, 0.4) is 0 Å². The summed E-state index contributed by atoms with van der Waals surface area (Å²) < 4.78 is 25.0. The largest absolute Gasteiger partial charge is 0.481 e. The molecule has 5 nitrogen and oxygen atoms in total. The first kappa shape index (κ1) is 15.5. The van der Waals surface area contributed by atoms with Gasteiger partial charge in [0.05, 0.1) is 11.7 Å². The SMILES string of the molecule is CS(=O)(=O)N1C[C@@H]2C[C@@H](c3ccccc3)CC[C@]2(C(=O)O)C1. The zero-order chi connectivity index (χ0) is 16.0. The predicted molar refractivity (Wildman–Crippen MR) is 83.0 cm³/mol. The molecule has 1 aliphatic heterocycles. The summed E-state index contributed by atoms with van der Waals surface area (Å²) in [5.41, 5.74) is 0.313. The molecule has 1 saturated heterocycles. The summed E-state index contributed by atoms with van der Waals surface area (Å²) in [6.45, 7) is 0.446. The third-order valence-corrected chi connectivity index (χ3v) is 6.55. The first-order valence-corrected chi connectivity index (χ1v) is 9.41. The minimum absolute atomic E-state index is 0.112. The van der Waals surface area contributed by atoms with Gasteiger partial charge in [-0.2, -0.15) is 0 Å². The van der Waals surface area contributed by atoms with Crippen LogP contribution < -0.4 is 0 Å². The molecule has 3 atom stereocenters. The maximum absolute atomic E-state index is 11.9. The normalized spacial score (nSPS) is 32.6. The monoisotopic (exact) mass is 323 g/mol. The fraction of sp³-hybridized carbons (Fsp3) is 0.562. The predicted octanol–water partition coefficient (Wildman–Crippen LogP) is 1.92. The fourth-order valence-electron chi connectivity index (χ4n) is 4.04. The van der Waals surface area contributed by atoms with E-state index in [1.54, 1.807) is 0 Å². The Morgan fingerprint density at radius 1 is 1.32 bits per heavy atom. The number of carboxylic acids is 1. The maximum Gasteiger partial charge on any atom is 0.311 e. The van der Waals surface area contributed by atoms with Crippen molar-refractivity contribution in [3.63, 3.8) is 0 Å². The van der Waals surface area contributed by atoms with E-state index >= 15 is 0 Å². The van der Waals surface area contributed by atoms with Crippen molar-refractivity contribution in [1.29, 1.82) is 0 Å². The molecule has 1 heterocycles. The van der Waals surface area contributed by atoms with E-state index in [0.717, 1.165) is 19.1 Å². The van der Waals surface area contributed by atoms with Crippen LogP contribution in [0.1, 0.15) is 30.7 Å². The van der Waals surface area contributed by atoms with Gasteiger partial charge in [0.1, 0.15) is 0 Å². The van der Waals surface area contributed by atoms with Crippen molar-refractivity contribution in [2.45, 2.75) is 25.2 Å². The molecule has 1 aromatic carbocycles. The van der Waals surface area contributed by atoms with Crippen molar-refractivity contribution in [2.75, 3.05) is 19.3 Å². The van der Waals surface area contributed by atoms with Gasteiger partial charge in [-0.25, -0.2) is 12.7 Å². The van der Waals surface area contributed by atoms with Gasteiger partial charge in [-0.3, -0.25) is 4.79 Å². The lowest BCUT2D eigenvalue weighted by atomic mass is 9.64. The average molecular weight is 323 g/mol. The molecule has 2 fully saturated rings. The number of hydrogen-bond acceptors (Lipinski definition) is 3. The Labute approximate surface area is 131 Å². The van der Waals surface area contributed by atoms with Gasteiger partial charge in [0.15, 0.2) is 0 Å². The van der Waals surface area contributed by atoms with E-state index < -0.39 is 21.4 Å². The third kappa shape index (κ3) is 2.54. The fourth-order valence-corrected chi connectivity index (χ4v) is 4.95. The topological polar surface area (TPSA) is 74.7 Å². The van der Waals surface area contributed by atoms with Gasteiger partial charge >= 0.3 is 5.97 Å². The van der Waals surface area contributed by atoms with E-state index in [9.17, 15) is 18.3 Å². The molecule has 0 amide bonds. The molecule has 0 unspecified atom stereocenters. The Kier molecular flexibility index (Phi) is 3.77. The molecule has 1 saturated carbocycles. The molecule has 1 aliphatic carbocycles. The van der Waals surface area contributed by atoms with Crippen LogP contribution in [0.2, 0.25) is 0 Å². The zero-order valence-electron chi connectivity index (χ0n) is 12.6. The lowest BCUT2D eigenvalue weighted by Gasteiger charge is -2.38. The summed E-state index contributed by atoms with van der Waals surface area (Å²) in [6.07, 6.45) is 3.24. The van der Waals surface area contributed by atoms with Crippen molar-refractivity contribution < 1.29 is 18.3 Å². The number of hydrogen-bond donors (Lipinski definition) is 1. The summed E-state index contributed by atoms with van der Waals surface area (Å²) in [5.74, 6) is -0.646. The molecule has 0 spiro atoms. The minimum Gasteiger partial charge on any atom is -0.481 e. The van der Waals surface area contributed by atoms with Gasteiger partial charge in [0.25, 0.3) is 0 Å². The molecule has 120 valence electrons. The van der Waals surface area contributed by atoms with E-state index in [1.165, 1.54) is 9.87 Å². The first-order valence-electron chi connectivity index (χ1n) is 7.56. The lowest BCUT2D eigenvalue weighted by molar-refractivity contribution is -0.152. The molecule has 6 heteroatoms. The third-order valence-electron chi connectivity index (χ3n) is 5.34. The average Bonchev–Trinajstić information content (AvgIpc) is 2.88. The van der Waals surface area contributed by atoms with Gasteiger partial charge in [0.2, 0.25) is 10.0 Å². The molecule has 0 radical (unpaired) electrons. The second-order valence-corrected chi connectivity index (χ2v) is 8.58. The van der Waals surface area contributed by atoms with Crippen LogP contribution in [0.25, 0.3) is 0 Å². The highest BCUT2D eigenvalue weighted by Gasteiger charge is 2.56. The highest BCUT2D eigenvalue weighted by atomic mass is 32.2. The van der Waals surface area contributed by atoms with Gasteiger partial charge in [-0.1, -0.05) is 30.3 Å². The van der Waals surface area contributed by atoms with E-state index in [0.29, 0.717) is 18.9 Å². The van der Waals surface area contributed by atoms with Gasteiger partial charge < -0.3 is 5.11 Å². The van der Waals surface area contributed by atoms with Gasteiger partial charge in [0, 0.05) is 13.1 Å². The van der Waals surface area contributed by atoms with Crippen molar-refractivity contribution in [3.05, 3.63) is 35.9 Å². The number of rotatable bonds is 3. The second-order valence-electron chi connectivity index (χ2n) is 6.60. The van der Waals surface area contributed by atoms with Crippen LogP contribution in [0, 0.1) is 11.3 Å². The van der Waals surface area contributed by atoms with Crippen molar-refractivity contribution in [2.24, 2.45) is 11.3 Å². The minimum atomic E-state index is -3.34. The lowest BCUT2D eigenvalue weighted by Crippen LogP contribution is -2.42. The molecule has 22 heavy (non-hydrogen) atoms. The summed E-state index contributed by atoms with van der Waals surface area (Å²) in [7, 11) is -3.34. The van der Waals surface area contributed by atoms with Crippen molar-refractivity contribution in [1.82, 2.24) is 4.31 Å². The zero-order valence-corrected chi connectivity index (χ0v) is 13.4. The number of carboxylic acid groups (broad SMARTS) is 1. The summed E-state index contributed by atoms with van der Waals surface area (Å²) in [5, 5.41) is 9.72. The van der Waals surface area contributed by atoms with Crippen LogP contribution in [-0.4, -0.2) is 43.1 Å². The van der Waals surface area contributed by atoms with Crippen LogP contribution in [-0.2, 0) is 14.8 Å². The van der Waals surface area contributed by atoms with Crippen molar-refractivity contribution in [3.8, 4) is 0 Å². The van der Waals surface area contributed by atoms with Crippen LogP contribution >= 0.6 is 0 Å². The number of sulfonamides is 1. The number of carbonyl (C=O) groups is 1. The molecule has 3 rings (SSSR count). The molecule has 2 aliphatic rings. The maximum atomic E-state index is 11.9. The summed E-state index contributed by atoms with van der Waals surface area (Å²) in [6, 6.07) is 10.1. The standard InChI is InChI=1S/C16H21NO4S/c1-22(20,21)17-10-14-9-13(12-5-3-2-4-6-12)7-8-16(14,11-17)15(18)19/h2-6,13-14H,7-11H2,1H3,(H,18,19)/t13-,14-,16-/m0/s1. The second kappa shape index (κ2) is 5.35. The summed E-state index contributed by atoms with van der Waals surface area (Å²) in [4.78, 5) is 11.9. The number of benzene rings is 1. The Balaban J connectivity index is 1.88. The smallest absolute Gasteiger partial charge is 0.311 e. The van der Waals surface area contributed by atoms with E-state index in [2.05, 4.69) is 12.1 Å². The number of nitrogens with zero attached hydrogens (tertiary/aromatic N) is 1.